The molecule has 1 unspecified atom stereocenters. The van der Waals surface area contributed by atoms with Gasteiger partial charge in [-0.3, -0.25) is 4.99 Å². The number of ether oxygens (including phenoxy) is 2. The van der Waals surface area contributed by atoms with Gasteiger partial charge >= 0.3 is 0 Å². The summed E-state index contributed by atoms with van der Waals surface area (Å²) in [6.45, 7) is 9.03. The van der Waals surface area contributed by atoms with E-state index in [9.17, 15) is 0 Å². The molecule has 2 heterocycles. The molecule has 2 N–H and O–H groups in total. The van der Waals surface area contributed by atoms with E-state index in [2.05, 4.69) is 30.7 Å². The smallest absolute Gasteiger partial charge is 0.246 e. The Labute approximate surface area is 161 Å². The first-order valence-corrected chi connectivity index (χ1v) is 9.78. The first kappa shape index (κ1) is 21.6. The molecule has 1 fully saturated rings. The van der Waals surface area contributed by atoms with E-state index in [4.69, 9.17) is 14.0 Å². The van der Waals surface area contributed by atoms with E-state index in [-0.39, 0.29) is 6.10 Å². The Bertz CT molecular complexity index is 557. The van der Waals surface area contributed by atoms with E-state index in [1.165, 1.54) is 0 Å². The summed E-state index contributed by atoms with van der Waals surface area (Å²) in [4.78, 5) is 11.2. The molecule has 154 valence electrons. The molecule has 0 saturated carbocycles. The molecule has 9 nitrogen and oxygen atoms in total. The molecule has 9 heteroatoms. The van der Waals surface area contributed by atoms with Crippen LogP contribution in [0.15, 0.2) is 9.52 Å². The van der Waals surface area contributed by atoms with Crippen molar-refractivity contribution in [1.29, 1.82) is 0 Å². The van der Waals surface area contributed by atoms with Crippen LogP contribution in [0.1, 0.15) is 50.9 Å². The summed E-state index contributed by atoms with van der Waals surface area (Å²) in [6.07, 6.45) is 3.12. The van der Waals surface area contributed by atoms with Gasteiger partial charge in [-0.1, -0.05) is 5.16 Å². The van der Waals surface area contributed by atoms with Crippen molar-refractivity contribution in [3.8, 4) is 0 Å². The average Bonchev–Trinajstić information content (AvgIpc) is 3.16. The zero-order valence-electron chi connectivity index (χ0n) is 17.0. The Kier molecular flexibility index (Phi) is 9.51. The molecular weight excluding hydrogens is 348 g/mol. The third-order valence-corrected chi connectivity index (χ3v) is 4.65. The van der Waals surface area contributed by atoms with Crippen LogP contribution in [-0.4, -0.2) is 74.0 Å². The molecule has 1 aromatic rings. The summed E-state index contributed by atoms with van der Waals surface area (Å²) < 4.78 is 15.9. The van der Waals surface area contributed by atoms with Crippen LogP contribution in [0.2, 0.25) is 0 Å². The fourth-order valence-corrected chi connectivity index (χ4v) is 3.11. The third-order valence-electron chi connectivity index (χ3n) is 4.65. The van der Waals surface area contributed by atoms with Crippen LogP contribution in [0.4, 0.5) is 0 Å². The predicted octanol–water partition coefficient (Wildman–Crippen LogP) is 1.33. The molecule has 0 spiro atoms. The first-order chi connectivity index (χ1) is 13.2. The Hall–Kier alpha value is -1.71. The van der Waals surface area contributed by atoms with Crippen molar-refractivity contribution in [3.63, 3.8) is 0 Å². The molecule has 2 rings (SSSR count). The summed E-state index contributed by atoms with van der Waals surface area (Å²) in [7, 11) is 3.52. The van der Waals surface area contributed by atoms with Gasteiger partial charge in [-0.05, 0) is 33.1 Å². The monoisotopic (exact) mass is 382 g/mol. The van der Waals surface area contributed by atoms with Crippen molar-refractivity contribution >= 4 is 5.96 Å². The van der Waals surface area contributed by atoms with Crippen molar-refractivity contribution in [2.45, 2.75) is 51.8 Å². The standard InChI is InChI=1S/C18H34N6O3/c1-5-26-14(2)17-22-16(27-23-17)13-20-18(19-3)21-15-7-10-24(11-8-15)9-6-12-25-4/h14-15H,5-13H2,1-4H3,(H2,19,20,21). The molecule has 1 atom stereocenters. The van der Waals surface area contributed by atoms with E-state index in [0.29, 0.717) is 30.9 Å². The zero-order valence-corrected chi connectivity index (χ0v) is 17.0. The number of aromatic nitrogens is 2. The molecule has 0 aliphatic carbocycles. The molecule has 0 bridgehead atoms. The summed E-state index contributed by atoms with van der Waals surface area (Å²) in [5.41, 5.74) is 0. The molecule has 1 saturated heterocycles. The Balaban J connectivity index is 1.70. The summed E-state index contributed by atoms with van der Waals surface area (Å²) in [5, 5.41) is 10.7. The topological polar surface area (TPSA) is 97.0 Å². The number of rotatable bonds is 10. The summed E-state index contributed by atoms with van der Waals surface area (Å²) in [6, 6.07) is 0.422. The molecule has 27 heavy (non-hydrogen) atoms. The Morgan fingerprint density at radius 2 is 2.19 bits per heavy atom. The van der Waals surface area contributed by atoms with Gasteiger partial charge in [-0.15, -0.1) is 0 Å². The number of hydrogen-bond donors (Lipinski definition) is 2. The fourth-order valence-electron chi connectivity index (χ4n) is 3.11. The van der Waals surface area contributed by atoms with Gasteiger partial charge in [0.15, 0.2) is 11.8 Å². The van der Waals surface area contributed by atoms with Gasteiger partial charge < -0.3 is 29.5 Å². The van der Waals surface area contributed by atoms with Crippen molar-refractivity contribution < 1.29 is 14.0 Å². The number of nitrogens with one attached hydrogen (secondary N) is 2. The van der Waals surface area contributed by atoms with E-state index in [1.54, 1.807) is 14.2 Å². The second kappa shape index (κ2) is 11.9. The van der Waals surface area contributed by atoms with Gasteiger partial charge in [-0.2, -0.15) is 4.98 Å². The normalized spacial score (nSPS) is 17.9. The lowest BCUT2D eigenvalue weighted by Crippen LogP contribution is -2.48. The highest BCUT2D eigenvalue weighted by atomic mass is 16.5. The van der Waals surface area contributed by atoms with Crippen LogP contribution in [0.3, 0.4) is 0 Å². The highest BCUT2D eigenvalue weighted by molar-refractivity contribution is 5.79. The Morgan fingerprint density at radius 1 is 1.41 bits per heavy atom. The number of methoxy groups -OCH3 is 1. The van der Waals surface area contributed by atoms with Crippen LogP contribution in [0.5, 0.6) is 0 Å². The molecule has 0 radical (unpaired) electrons. The van der Waals surface area contributed by atoms with E-state index in [0.717, 1.165) is 51.5 Å². The van der Waals surface area contributed by atoms with E-state index < -0.39 is 0 Å². The quantitative estimate of drug-likeness (QED) is 0.355. The lowest BCUT2D eigenvalue weighted by molar-refractivity contribution is 0.0683. The van der Waals surface area contributed by atoms with Crippen molar-refractivity contribution in [2.75, 3.05) is 47.0 Å². The number of likely N-dealkylation sites (tertiary alicyclic amines) is 1. The van der Waals surface area contributed by atoms with Gasteiger partial charge in [0.2, 0.25) is 5.89 Å². The maximum Gasteiger partial charge on any atom is 0.246 e. The summed E-state index contributed by atoms with van der Waals surface area (Å²) >= 11 is 0. The minimum Gasteiger partial charge on any atom is -0.385 e. The second-order valence-electron chi connectivity index (χ2n) is 6.68. The number of nitrogens with zero attached hydrogens (tertiary/aromatic N) is 4. The van der Waals surface area contributed by atoms with Crippen molar-refractivity contribution in [1.82, 2.24) is 25.7 Å². The average molecular weight is 383 g/mol. The largest absolute Gasteiger partial charge is 0.385 e. The summed E-state index contributed by atoms with van der Waals surface area (Å²) in [5.74, 6) is 1.84. The minimum absolute atomic E-state index is 0.168. The zero-order chi connectivity index (χ0) is 19.5. The minimum atomic E-state index is -0.168. The van der Waals surface area contributed by atoms with Gasteiger partial charge in [0.05, 0.1) is 6.54 Å². The predicted molar refractivity (Wildman–Crippen MR) is 104 cm³/mol. The van der Waals surface area contributed by atoms with Gasteiger partial charge in [0.1, 0.15) is 6.10 Å². The lowest BCUT2D eigenvalue weighted by Gasteiger charge is -2.33. The number of guanidine groups is 1. The van der Waals surface area contributed by atoms with Crippen LogP contribution < -0.4 is 10.6 Å². The molecule has 0 amide bonds. The van der Waals surface area contributed by atoms with Crippen LogP contribution in [0, 0.1) is 0 Å². The molecule has 0 aromatic carbocycles. The Morgan fingerprint density at radius 3 is 2.85 bits per heavy atom. The van der Waals surface area contributed by atoms with Gasteiger partial charge in [-0.25, -0.2) is 0 Å². The van der Waals surface area contributed by atoms with Crippen molar-refractivity contribution in [3.05, 3.63) is 11.7 Å². The highest BCUT2D eigenvalue weighted by Gasteiger charge is 2.20. The third kappa shape index (κ3) is 7.43. The molecule has 1 aliphatic rings. The molecule has 1 aromatic heterocycles. The second-order valence-corrected chi connectivity index (χ2v) is 6.68. The highest BCUT2D eigenvalue weighted by Crippen LogP contribution is 2.13. The number of hydrogen-bond acceptors (Lipinski definition) is 7. The van der Waals surface area contributed by atoms with Crippen LogP contribution >= 0.6 is 0 Å². The SMILES string of the molecule is CCOC(C)c1noc(CNC(=NC)NC2CCN(CCCOC)CC2)n1. The number of piperidine rings is 1. The number of aliphatic imine (C=N–C) groups is 1. The van der Waals surface area contributed by atoms with E-state index in [1.807, 2.05) is 13.8 Å². The van der Waals surface area contributed by atoms with Gasteiger partial charge in [0, 0.05) is 53.0 Å². The van der Waals surface area contributed by atoms with Crippen LogP contribution in [0.25, 0.3) is 0 Å². The van der Waals surface area contributed by atoms with E-state index >= 15 is 0 Å². The molecule has 1 aliphatic heterocycles. The fraction of sp³-hybridized carbons (Fsp3) is 0.833. The molecular formula is C18H34N6O3. The first-order valence-electron chi connectivity index (χ1n) is 9.78. The lowest BCUT2D eigenvalue weighted by atomic mass is 10.1. The van der Waals surface area contributed by atoms with Crippen molar-refractivity contribution in [2.24, 2.45) is 4.99 Å². The van der Waals surface area contributed by atoms with Crippen LogP contribution in [-0.2, 0) is 16.0 Å². The maximum absolute atomic E-state index is 5.48. The van der Waals surface area contributed by atoms with Gasteiger partial charge in [0.25, 0.3) is 0 Å². The maximum atomic E-state index is 5.48.